The lowest BCUT2D eigenvalue weighted by molar-refractivity contribution is 0.0933. The van der Waals surface area contributed by atoms with E-state index in [0.29, 0.717) is 22.1 Å². The van der Waals surface area contributed by atoms with Crippen LogP contribution in [0.3, 0.4) is 0 Å². The van der Waals surface area contributed by atoms with Gasteiger partial charge in [0.15, 0.2) is 10.9 Å². The van der Waals surface area contributed by atoms with Crippen molar-refractivity contribution in [2.75, 3.05) is 38.1 Å². The average molecular weight is 541 g/mol. The van der Waals surface area contributed by atoms with Crippen LogP contribution in [-0.2, 0) is 14.8 Å². The maximum Gasteiger partial charge on any atom is 0.409 e. The van der Waals surface area contributed by atoms with Crippen molar-refractivity contribution >= 4 is 49.5 Å². The molecule has 0 atom stereocenters. The SMILES string of the molecule is CCOC(=O)N1CCN(S(=O)(=O)c2ccc(C(=O)Nc3nc(-c4cc5ccccc5o4)cs3)cc2)CC1. The number of fused-ring (bicyclic) bond motifs is 1. The second kappa shape index (κ2) is 10.3. The first-order valence-electron chi connectivity index (χ1n) is 11.6. The van der Waals surface area contributed by atoms with Gasteiger partial charge < -0.3 is 14.1 Å². The van der Waals surface area contributed by atoms with Gasteiger partial charge in [-0.05, 0) is 43.3 Å². The summed E-state index contributed by atoms with van der Waals surface area (Å²) >= 11 is 1.27. The minimum Gasteiger partial charge on any atom is -0.454 e. The summed E-state index contributed by atoms with van der Waals surface area (Å²) in [4.78, 5) is 30.6. The Bertz CT molecular complexity index is 1500. The monoisotopic (exact) mass is 540 g/mol. The molecule has 2 aromatic carbocycles. The number of hydrogen-bond donors (Lipinski definition) is 1. The van der Waals surface area contributed by atoms with Crippen molar-refractivity contribution in [2.45, 2.75) is 11.8 Å². The minimum absolute atomic E-state index is 0.0788. The Hall–Kier alpha value is -3.74. The van der Waals surface area contributed by atoms with Crippen LogP contribution in [-0.4, -0.2) is 67.4 Å². The summed E-state index contributed by atoms with van der Waals surface area (Å²) in [6.45, 7) is 2.83. The van der Waals surface area contributed by atoms with Gasteiger partial charge in [-0.1, -0.05) is 18.2 Å². The van der Waals surface area contributed by atoms with Gasteiger partial charge in [0.2, 0.25) is 10.0 Å². The molecule has 3 heterocycles. The van der Waals surface area contributed by atoms with Crippen molar-refractivity contribution < 1.29 is 27.2 Å². The topological polar surface area (TPSA) is 122 Å². The molecule has 0 radical (unpaired) electrons. The fraction of sp³-hybridized carbons (Fsp3) is 0.240. The van der Waals surface area contributed by atoms with Crippen molar-refractivity contribution in [3.8, 4) is 11.5 Å². The Morgan fingerprint density at radius 1 is 1.08 bits per heavy atom. The van der Waals surface area contributed by atoms with Crippen LogP contribution in [0.5, 0.6) is 0 Å². The number of carbonyl (C=O) groups excluding carboxylic acids is 2. The van der Waals surface area contributed by atoms with Gasteiger partial charge in [0.05, 0.1) is 11.5 Å². The summed E-state index contributed by atoms with van der Waals surface area (Å²) < 4.78 is 38.2. The maximum atomic E-state index is 13.0. The maximum absolute atomic E-state index is 13.0. The van der Waals surface area contributed by atoms with E-state index in [1.54, 1.807) is 12.3 Å². The molecular formula is C25H24N4O6S2. The molecule has 0 unspecified atom stereocenters. The number of piperazine rings is 1. The summed E-state index contributed by atoms with van der Waals surface area (Å²) in [6, 6.07) is 15.3. The van der Waals surface area contributed by atoms with Crippen LogP contribution in [0.15, 0.2) is 69.3 Å². The smallest absolute Gasteiger partial charge is 0.409 e. The van der Waals surface area contributed by atoms with E-state index in [1.165, 1.54) is 44.8 Å². The molecule has 37 heavy (non-hydrogen) atoms. The third-order valence-electron chi connectivity index (χ3n) is 5.92. The van der Waals surface area contributed by atoms with Crippen LogP contribution < -0.4 is 5.32 Å². The van der Waals surface area contributed by atoms with Crippen LogP contribution in [0.4, 0.5) is 9.93 Å². The number of para-hydroxylation sites is 1. The van der Waals surface area contributed by atoms with E-state index in [0.717, 1.165) is 11.0 Å². The van der Waals surface area contributed by atoms with Crippen LogP contribution in [0.1, 0.15) is 17.3 Å². The summed E-state index contributed by atoms with van der Waals surface area (Å²) in [6.07, 6.45) is -0.445. The van der Waals surface area contributed by atoms with Gasteiger partial charge in [0.1, 0.15) is 11.3 Å². The summed E-state index contributed by atoms with van der Waals surface area (Å²) in [5, 5.41) is 5.91. The fourth-order valence-corrected chi connectivity index (χ4v) is 6.09. The highest BCUT2D eigenvalue weighted by Gasteiger charge is 2.30. The van der Waals surface area contributed by atoms with Crippen molar-refractivity contribution in [1.82, 2.24) is 14.2 Å². The van der Waals surface area contributed by atoms with E-state index in [2.05, 4.69) is 10.3 Å². The number of nitrogens with zero attached hydrogens (tertiary/aromatic N) is 3. The summed E-state index contributed by atoms with van der Waals surface area (Å²) in [5.74, 6) is 0.202. The lowest BCUT2D eigenvalue weighted by Gasteiger charge is -2.33. The first-order valence-corrected chi connectivity index (χ1v) is 13.9. The number of rotatable bonds is 6. The van der Waals surface area contributed by atoms with Gasteiger partial charge in [-0.3, -0.25) is 10.1 Å². The highest BCUT2D eigenvalue weighted by molar-refractivity contribution is 7.89. The number of nitrogens with one attached hydrogen (secondary N) is 1. The molecule has 1 N–H and O–H groups in total. The van der Waals surface area contributed by atoms with Crippen molar-refractivity contribution in [3.63, 3.8) is 0 Å². The zero-order chi connectivity index (χ0) is 26.0. The number of carbonyl (C=O) groups is 2. The van der Waals surface area contributed by atoms with Crippen molar-refractivity contribution in [2.24, 2.45) is 0 Å². The van der Waals surface area contributed by atoms with E-state index in [1.807, 2.05) is 30.3 Å². The third kappa shape index (κ3) is 5.22. The second-order valence-electron chi connectivity index (χ2n) is 8.25. The van der Waals surface area contributed by atoms with E-state index < -0.39 is 22.0 Å². The Labute approximate surface area is 217 Å². The number of anilines is 1. The predicted octanol–water partition coefficient (Wildman–Crippen LogP) is 4.27. The molecule has 0 saturated carbocycles. The third-order valence-corrected chi connectivity index (χ3v) is 8.59. The molecule has 192 valence electrons. The van der Waals surface area contributed by atoms with E-state index in [9.17, 15) is 18.0 Å². The Morgan fingerprint density at radius 2 is 1.81 bits per heavy atom. The molecule has 10 nitrogen and oxygen atoms in total. The first-order chi connectivity index (χ1) is 17.8. The lowest BCUT2D eigenvalue weighted by atomic mass is 10.2. The number of furan rings is 1. The lowest BCUT2D eigenvalue weighted by Crippen LogP contribution is -2.50. The Balaban J connectivity index is 1.22. The molecule has 5 rings (SSSR count). The van der Waals surface area contributed by atoms with Gasteiger partial charge in [-0.25, -0.2) is 18.2 Å². The summed E-state index contributed by atoms with van der Waals surface area (Å²) in [7, 11) is -3.76. The molecule has 0 spiro atoms. The van der Waals surface area contributed by atoms with Crippen molar-refractivity contribution in [1.29, 1.82) is 0 Å². The molecule has 1 aliphatic rings. The van der Waals surface area contributed by atoms with Crippen LogP contribution in [0.2, 0.25) is 0 Å². The number of thiazole rings is 1. The van der Waals surface area contributed by atoms with Crippen molar-refractivity contribution in [3.05, 3.63) is 65.5 Å². The molecule has 0 aliphatic carbocycles. The highest BCUT2D eigenvalue weighted by Crippen LogP contribution is 2.30. The molecule has 1 fully saturated rings. The Kier molecular flexibility index (Phi) is 6.96. The van der Waals surface area contributed by atoms with Gasteiger partial charge in [-0.15, -0.1) is 11.3 Å². The second-order valence-corrected chi connectivity index (χ2v) is 11.1. The standard InChI is InChI=1S/C25H24N4O6S2/c1-2-34-25(31)28-11-13-29(14-12-28)37(32,33)19-9-7-17(8-10-19)23(30)27-24-26-20(16-36-24)22-15-18-5-3-4-6-21(18)35-22/h3-10,15-16H,2,11-14H2,1H3,(H,26,27,30). The molecule has 1 saturated heterocycles. The van der Waals surface area contributed by atoms with E-state index in [-0.39, 0.29) is 37.7 Å². The molecule has 1 aliphatic heterocycles. The molecular weight excluding hydrogens is 516 g/mol. The number of benzene rings is 2. The van der Waals surface area contributed by atoms with Crippen LogP contribution >= 0.6 is 11.3 Å². The average Bonchev–Trinajstić information content (AvgIpc) is 3.56. The largest absolute Gasteiger partial charge is 0.454 e. The van der Waals surface area contributed by atoms with Gasteiger partial charge >= 0.3 is 6.09 Å². The van der Waals surface area contributed by atoms with E-state index >= 15 is 0 Å². The summed E-state index contributed by atoms with van der Waals surface area (Å²) in [5.41, 5.74) is 1.67. The van der Waals surface area contributed by atoms with Gasteiger partial charge in [-0.2, -0.15) is 4.31 Å². The number of amides is 2. The van der Waals surface area contributed by atoms with E-state index in [4.69, 9.17) is 9.15 Å². The quantitative estimate of drug-likeness (QED) is 0.388. The Morgan fingerprint density at radius 3 is 2.51 bits per heavy atom. The van der Waals surface area contributed by atoms with Gasteiger partial charge in [0.25, 0.3) is 5.91 Å². The molecule has 2 aromatic heterocycles. The fourth-order valence-electron chi connectivity index (χ4n) is 3.97. The van der Waals surface area contributed by atoms with Crippen LogP contribution in [0, 0.1) is 0 Å². The molecule has 0 bridgehead atoms. The van der Waals surface area contributed by atoms with Gasteiger partial charge in [0, 0.05) is 42.5 Å². The number of hydrogen-bond acceptors (Lipinski definition) is 8. The molecule has 12 heteroatoms. The zero-order valence-corrected chi connectivity index (χ0v) is 21.5. The first kappa shape index (κ1) is 24.9. The predicted molar refractivity (Wildman–Crippen MR) is 139 cm³/mol. The number of aromatic nitrogens is 1. The zero-order valence-electron chi connectivity index (χ0n) is 19.9. The number of ether oxygens (including phenoxy) is 1. The molecule has 2 amide bonds. The molecule has 4 aromatic rings. The minimum atomic E-state index is -3.76. The van der Waals surface area contributed by atoms with Crippen LogP contribution in [0.25, 0.3) is 22.4 Å². The number of sulfonamides is 1. The normalized spacial score (nSPS) is 14.6. The highest BCUT2D eigenvalue weighted by atomic mass is 32.2.